The predicted molar refractivity (Wildman–Crippen MR) is 358 cm³/mol. The average molecular weight is 1150 g/mol. The van der Waals surface area contributed by atoms with E-state index in [0.717, 1.165) is 89.9 Å². The smallest absolute Gasteiger partial charge is 0.306 e. The summed E-state index contributed by atoms with van der Waals surface area (Å²) in [4.78, 5) is 38.3. The van der Waals surface area contributed by atoms with Gasteiger partial charge in [0.25, 0.3) is 0 Å². The normalized spacial score (nSPS) is 12.3. The summed E-state index contributed by atoms with van der Waals surface area (Å²) in [5, 5.41) is 0. The first-order chi connectivity index (χ1) is 40.5. The molecule has 0 spiro atoms. The molecule has 0 amide bonds. The molecule has 0 aromatic rings. The Balaban J connectivity index is 4.02. The van der Waals surface area contributed by atoms with Crippen LogP contribution >= 0.6 is 0 Å². The van der Waals surface area contributed by atoms with Gasteiger partial charge in [0, 0.05) is 19.3 Å². The van der Waals surface area contributed by atoms with Crippen LogP contribution in [0, 0.1) is 0 Å². The van der Waals surface area contributed by atoms with E-state index in [9.17, 15) is 14.4 Å². The molecule has 0 aliphatic heterocycles. The Morgan fingerprint density at radius 3 is 0.744 bits per heavy atom. The van der Waals surface area contributed by atoms with Crippen molar-refractivity contribution in [1.29, 1.82) is 0 Å². The van der Waals surface area contributed by atoms with Crippen molar-refractivity contribution in [2.75, 3.05) is 13.2 Å². The predicted octanol–water partition coefficient (Wildman–Crippen LogP) is 25.3. The second kappa shape index (κ2) is 70.9. The summed E-state index contributed by atoms with van der Waals surface area (Å²) in [6.45, 7) is 6.57. The third-order valence-electron chi connectivity index (χ3n) is 16.6. The molecule has 480 valence electrons. The van der Waals surface area contributed by atoms with Crippen molar-refractivity contribution >= 4 is 17.9 Å². The molecular weight excluding hydrogens is 1010 g/mol. The summed E-state index contributed by atoms with van der Waals surface area (Å²) >= 11 is 0. The fourth-order valence-electron chi connectivity index (χ4n) is 11.1. The van der Waals surface area contributed by atoms with Crippen molar-refractivity contribution < 1.29 is 28.6 Å². The molecule has 0 bridgehead atoms. The van der Waals surface area contributed by atoms with Gasteiger partial charge in [-0.3, -0.25) is 14.4 Å². The number of ether oxygens (including phenoxy) is 3. The number of hydrogen-bond acceptors (Lipinski definition) is 6. The summed E-state index contributed by atoms with van der Waals surface area (Å²) < 4.78 is 16.9. The molecule has 0 aromatic carbocycles. The van der Waals surface area contributed by atoms with Crippen LogP contribution in [0.25, 0.3) is 0 Å². The summed E-state index contributed by atoms with van der Waals surface area (Å²) in [5.41, 5.74) is 0. The highest BCUT2D eigenvalue weighted by molar-refractivity contribution is 5.71. The van der Waals surface area contributed by atoms with E-state index in [1.54, 1.807) is 0 Å². The first kappa shape index (κ1) is 79.4. The topological polar surface area (TPSA) is 78.9 Å². The molecule has 0 radical (unpaired) electrons. The number of esters is 3. The van der Waals surface area contributed by atoms with Gasteiger partial charge in [0.15, 0.2) is 6.10 Å². The van der Waals surface area contributed by atoms with Gasteiger partial charge in [-0.05, 0) is 57.8 Å². The van der Waals surface area contributed by atoms with Gasteiger partial charge in [-0.15, -0.1) is 0 Å². The third-order valence-corrected chi connectivity index (χ3v) is 16.6. The molecule has 0 saturated carbocycles. The van der Waals surface area contributed by atoms with E-state index in [4.69, 9.17) is 14.2 Å². The highest BCUT2D eigenvalue weighted by Gasteiger charge is 2.19. The van der Waals surface area contributed by atoms with Gasteiger partial charge in [0.2, 0.25) is 0 Å². The lowest BCUT2D eigenvalue weighted by molar-refractivity contribution is -0.167. The Hall–Kier alpha value is -2.63. The van der Waals surface area contributed by atoms with Crippen LogP contribution < -0.4 is 0 Å². The van der Waals surface area contributed by atoms with Crippen molar-refractivity contribution in [3.63, 3.8) is 0 Å². The Morgan fingerprint density at radius 1 is 0.256 bits per heavy atom. The lowest BCUT2D eigenvalue weighted by Gasteiger charge is -2.18. The molecule has 0 aliphatic carbocycles. The van der Waals surface area contributed by atoms with Crippen molar-refractivity contribution in [2.24, 2.45) is 0 Å². The minimum absolute atomic E-state index is 0.0716. The number of carbonyl (C=O) groups is 3. The lowest BCUT2D eigenvalue weighted by Crippen LogP contribution is -2.30. The van der Waals surface area contributed by atoms with Crippen molar-refractivity contribution in [3.05, 3.63) is 48.6 Å². The molecule has 0 aromatic heterocycles. The fourth-order valence-corrected chi connectivity index (χ4v) is 11.1. The summed E-state index contributed by atoms with van der Waals surface area (Å²) in [7, 11) is 0. The molecule has 0 N–H and O–H groups in total. The third kappa shape index (κ3) is 68.2. The van der Waals surface area contributed by atoms with E-state index in [-0.39, 0.29) is 31.1 Å². The number of rotatable bonds is 68. The van der Waals surface area contributed by atoms with Gasteiger partial charge in [0.05, 0.1) is 0 Å². The molecule has 0 heterocycles. The van der Waals surface area contributed by atoms with Crippen LogP contribution in [0.15, 0.2) is 48.6 Å². The second-order valence-electron chi connectivity index (χ2n) is 24.8. The maximum atomic E-state index is 12.9. The Bertz CT molecular complexity index is 1410. The number of unbranched alkanes of at least 4 members (excludes halogenated alkanes) is 49. The van der Waals surface area contributed by atoms with Crippen molar-refractivity contribution in [1.82, 2.24) is 0 Å². The van der Waals surface area contributed by atoms with Gasteiger partial charge >= 0.3 is 17.9 Å². The van der Waals surface area contributed by atoms with Crippen LogP contribution in [0.4, 0.5) is 0 Å². The lowest BCUT2D eigenvalue weighted by atomic mass is 10.0. The van der Waals surface area contributed by atoms with E-state index in [1.807, 2.05) is 0 Å². The molecule has 6 nitrogen and oxygen atoms in total. The standard InChI is InChI=1S/C76H140O6/c1-4-7-10-13-16-19-21-23-25-27-29-31-32-33-34-35-36-37-38-39-40-41-42-43-45-46-48-50-52-54-57-60-63-66-69-75(78)81-72-73(71-80-74(77)68-65-62-59-56-18-15-12-9-6-3)82-76(79)70-67-64-61-58-55-53-51-49-47-44-30-28-26-24-22-20-17-14-11-8-5-2/h8,11,17,20,24,26,30,44,73H,4-7,9-10,12-16,18-19,21-23,25,27-29,31-43,45-72H2,1-3H3/b11-8-,20-17-,26-24-,44-30-. The quantitative estimate of drug-likeness (QED) is 0.0261. The van der Waals surface area contributed by atoms with Gasteiger partial charge < -0.3 is 14.2 Å². The molecule has 6 heteroatoms. The van der Waals surface area contributed by atoms with E-state index < -0.39 is 6.10 Å². The number of hydrogen-bond donors (Lipinski definition) is 0. The minimum atomic E-state index is -0.775. The zero-order valence-corrected chi connectivity index (χ0v) is 55.3. The van der Waals surface area contributed by atoms with Crippen LogP contribution in [0.3, 0.4) is 0 Å². The van der Waals surface area contributed by atoms with Gasteiger partial charge in [-0.1, -0.05) is 371 Å². The fraction of sp³-hybridized carbons (Fsp3) is 0.855. The Labute approximate surface area is 511 Å². The summed E-state index contributed by atoms with van der Waals surface area (Å²) in [6.07, 6.45) is 90.4. The maximum absolute atomic E-state index is 12.9. The van der Waals surface area contributed by atoms with Crippen molar-refractivity contribution in [2.45, 2.75) is 406 Å². The van der Waals surface area contributed by atoms with Crippen LogP contribution in [0.5, 0.6) is 0 Å². The Morgan fingerprint density at radius 2 is 0.476 bits per heavy atom. The highest BCUT2D eigenvalue weighted by Crippen LogP contribution is 2.19. The van der Waals surface area contributed by atoms with Crippen LogP contribution in [0.2, 0.25) is 0 Å². The minimum Gasteiger partial charge on any atom is -0.462 e. The monoisotopic (exact) mass is 1150 g/mol. The summed E-state index contributed by atoms with van der Waals surface area (Å²) in [6, 6.07) is 0. The molecule has 0 saturated heterocycles. The maximum Gasteiger partial charge on any atom is 0.306 e. The van der Waals surface area contributed by atoms with Gasteiger partial charge in [-0.25, -0.2) is 0 Å². The molecular formula is C76H140O6. The van der Waals surface area contributed by atoms with Gasteiger partial charge in [-0.2, -0.15) is 0 Å². The number of carbonyl (C=O) groups excluding carboxylic acids is 3. The molecule has 82 heavy (non-hydrogen) atoms. The van der Waals surface area contributed by atoms with Crippen LogP contribution in [-0.4, -0.2) is 37.2 Å². The Kier molecular flexibility index (Phi) is 68.6. The highest BCUT2D eigenvalue weighted by atomic mass is 16.6. The van der Waals surface area contributed by atoms with Gasteiger partial charge in [0.1, 0.15) is 13.2 Å². The molecule has 1 atom stereocenters. The molecule has 0 rings (SSSR count). The average Bonchev–Trinajstić information content (AvgIpc) is 3.48. The molecule has 0 aliphatic rings. The first-order valence-corrected chi connectivity index (χ1v) is 36.6. The molecule has 1 unspecified atom stereocenters. The number of allylic oxidation sites excluding steroid dienone is 8. The largest absolute Gasteiger partial charge is 0.462 e. The van der Waals surface area contributed by atoms with E-state index in [2.05, 4.69) is 69.4 Å². The van der Waals surface area contributed by atoms with Crippen LogP contribution in [-0.2, 0) is 28.6 Å². The van der Waals surface area contributed by atoms with E-state index >= 15 is 0 Å². The first-order valence-electron chi connectivity index (χ1n) is 36.6. The van der Waals surface area contributed by atoms with E-state index in [1.165, 1.54) is 270 Å². The van der Waals surface area contributed by atoms with Crippen LogP contribution in [0.1, 0.15) is 400 Å². The van der Waals surface area contributed by atoms with Crippen molar-refractivity contribution in [3.8, 4) is 0 Å². The molecule has 0 fully saturated rings. The zero-order chi connectivity index (χ0) is 59.2. The SMILES string of the molecule is CC/C=C\C/C=C\C/C=C\C/C=C\CCCCCCCCCCC(=O)OC(COC(=O)CCCCCCCCCCC)COC(=O)CCCCCCCCCCCCCCCCCCCCCCCCCCCCCCCCCCCC. The zero-order valence-electron chi connectivity index (χ0n) is 55.3. The second-order valence-corrected chi connectivity index (χ2v) is 24.8. The summed E-state index contributed by atoms with van der Waals surface area (Å²) in [5.74, 6) is -0.858. The van der Waals surface area contributed by atoms with E-state index in [0.29, 0.717) is 19.3 Å².